The summed E-state index contributed by atoms with van der Waals surface area (Å²) < 4.78 is 11.4. The molecule has 0 aliphatic carbocycles. The van der Waals surface area contributed by atoms with Gasteiger partial charge in [0.25, 0.3) is 0 Å². The number of hydrogen-bond donors (Lipinski definition) is 2. The van der Waals surface area contributed by atoms with E-state index in [-0.39, 0.29) is 11.9 Å². The van der Waals surface area contributed by atoms with Crippen LogP contribution in [0.25, 0.3) is 0 Å². The Labute approximate surface area is 153 Å². The number of hydrogen-bond acceptors (Lipinski definition) is 5. The molecule has 1 aromatic carbocycles. The zero-order valence-electron chi connectivity index (χ0n) is 15.0. The number of carbonyl (C=O) groups is 1. The fourth-order valence-corrected chi connectivity index (χ4v) is 2.89. The lowest BCUT2D eigenvalue weighted by molar-refractivity contribution is -0.123. The second-order valence-electron chi connectivity index (χ2n) is 6.21. The molecule has 1 atom stereocenters. The van der Waals surface area contributed by atoms with E-state index in [0.29, 0.717) is 30.5 Å². The fourth-order valence-electron chi connectivity index (χ4n) is 2.89. The highest BCUT2D eigenvalue weighted by Crippen LogP contribution is 2.30. The number of nitrogens with one attached hydrogen (secondary N) is 2. The van der Waals surface area contributed by atoms with E-state index in [1.807, 2.05) is 37.3 Å². The van der Waals surface area contributed by atoms with E-state index in [2.05, 4.69) is 15.6 Å². The zero-order chi connectivity index (χ0) is 18.2. The summed E-state index contributed by atoms with van der Waals surface area (Å²) in [4.78, 5) is 16.5. The van der Waals surface area contributed by atoms with Gasteiger partial charge in [-0.25, -0.2) is 4.98 Å². The molecular weight excluding hydrogens is 330 g/mol. The number of pyridine rings is 1. The molecule has 0 unspecified atom stereocenters. The van der Waals surface area contributed by atoms with Crippen molar-refractivity contribution < 1.29 is 14.3 Å². The quantitative estimate of drug-likeness (QED) is 0.799. The molecule has 1 fully saturated rings. The van der Waals surface area contributed by atoms with Crippen molar-refractivity contribution in [1.29, 1.82) is 0 Å². The molecule has 0 radical (unpaired) electrons. The van der Waals surface area contributed by atoms with Crippen molar-refractivity contribution in [1.82, 2.24) is 15.6 Å². The third-order valence-corrected chi connectivity index (χ3v) is 4.25. The molecule has 1 amide bonds. The van der Waals surface area contributed by atoms with Crippen molar-refractivity contribution in [3.8, 4) is 17.4 Å². The van der Waals surface area contributed by atoms with Crippen LogP contribution in [-0.4, -0.2) is 30.1 Å². The van der Waals surface area contributed by atoms with E-state index < -0.39 is 0 Å². The van der Waals surface area contributed by atoms with E-state index in [4.69, 9.17) is 9.47 Å². The second kappa shape index (κ2) is 9.20. The summed E-state index contributed by atoms with van der Waals surface area (Å²) in [5.74, 6) is 1.86. The van der Waals surface area contributed by atoms with Gasteiger partial charge in [0.2, 0.25) is 11.8 Å². The van der Waals surface area contributed by atoms with Crippen molar-refractivity contribution in [2.75, 3.05) is 13.2 Å². The maximum absolute atomic E-state index is 12.1. The second-order valence-corrected chi connectivity index (χ2v) is 6.21. The molecule has 2 aromatic rings. The minimum Gasteiger partial charge on any atom is -0.490 e. The highest BCUT2D eigenvalue weighted by atomic mass is 16.5. The van der Waals surface area contributed by atoms with E-state index in [1.54, 1.807) is 12.3 Å². The van der Waals surface area contributed by atoms with Crippen LogP contribution >= 0.6 is 0 Å². The van der Waals surface area contributed by atoms with Gasteiger partial charge in [0.05, 0.1) is 12.6 Å². The van der Waals surface area contributed by atoms with Crippen LogP contribution in [0.2, 0.25) is 0 Å². The predicted octanol–water partition coefficient (Wildman–Crippen LogP) is 3.03. The molecule has 1 aliphatic heterocycles. The molecule has 1 aliphatic rings. The number of para-hydroxylation sites is 2. The Morgan fingerprint density at radius 2 is 2.08 bits per heavy atom. The molecule has 6 heteroatoms. The van der Waals surface area contributed by atoms with Gasteiger partial charge in [-0.05, 0) is 44.0 Å². The van der Waals surface area contributed by atoms with Gasteiger partial charge in [-0.3, -0.25) is 4.79 Å². The molecule has 2 N–H and O–H groups in total. The monoisotopic (exact) mass is 355 g/mol. The van der Waals surface area contributed by atoms with Crippen molar-refractivity contribution in [3.05, 3.63) is 48.2 Å². The Kier molecular flexibility index (Phi) is 6.44. The lowest BCUT2D eigenvalue weighted by Gasteiger charge is -2.22. The minimum absolute atomic E-state index is 0.0515. The number of aromatic nitrogens is 1. The summed E-state index contributed by atoms with van der Waals surface area (Å²) in [6.07, 6.45) is 4.85. The van der Waals surface area contributed by atoms with Crippen LogP contribution < -0.4 is 20.1 Å². The van der Waals surface area contributed by atoms with Crippen molar-refractivity contribution in [3.63, 3.8) is 0 Å². The van der Waals surface area contributed by atoms with Crippen molar-refractivity contribution in [2.45, 2.75) is 38.8 Å². The van der Waals surface area contributed by atoms with Crippen molar-refractivity contribution in [2.24, 2.45) is 0 Å². The molecule has 0 spiro atoms. The summed E-state index contributed by atoms with van der Waals surface area (Å²) in [5, 5.41) is 6.21. The first-order valence-electron chi connectivity index (χ1n) is 9.12. The summed E-state index contributed by atoms with van der Waals surface area (Å²) in [6.45, 7) is 3.87. The number of nitrogens with zero attached hydrogens (tertiary/aromatic N) is 1. The normalized spacial score (nSPS) is 16.7. The number of rotatable bonds is 7. The SMILES string of the molecule is CCOc1ccccc1Oc1ccc(CNC(=O)[C@H]2CCCCN2)cn1. The third kappa shape index (κ3) is 4.95. The topological polar surface area (TPSA) is 72.5 Å². The van der Waals surface area contributed by atoms with Gasteiger partial charge < -0.3 is 20.1 Å². The van der Waals surface area contributed by atoms with Gasteiger partial charge in [-0.1, -0.05) is 24.6 Å². The Hall–Kier alpha value is -2.60. The van der Waals surface area contributed by atoms with Gasteiger partial charge in [0.1, 0.15) is 0 Å². The maximum Gasteiger partial charge on any atom is 0.237 e. The van der Waals surface area contributed by atoms with E-state index in [0.717, 1.165) is 31.4 Å². The molecular formula is C20H25N3O3. The summed E-state index contributed by atoms with van der Waals surface area (Å²) in [6, 6.07) is 11.1. The van der Waals surface area contributed by atoms with E-state index in [1.165, 1.54) is 0 Å². The fraction of sp³-hybridized carbons (Fsp3) is 0.400. The zero-order valence-corrected chi connectivity index (χ0v) is 15.0. The highest BCUT2D eigenvalue weighted by Gasteiger charge is 2.19. The lowest BCUT2D eigenvalue weighted by atomic mass is 10.0. The largest absolute Gasteiger partial charge is 0.490 e. The smallest absolute Gasteiger partial charge is 0.237 e. The molecule has 26 heavy (non-hydrogen) atoms. The number of piperidine rings is 1. The van der Waals surface area contributed by atoms with Crippen LogP contribution in [0.1, 0.15) is 31.7 Å². The third-order valence-electron chi connectivity index (χ3n) is 4.25. The number of ether oxygens (including phenoxy) is 2. The van der Waals surface area contributed by atoms with Gasteiger partial charge in [-0.2, -0.15) is 0 Å². The Bertz CT molecular complexity index is 712. The van der Waals surface area contributed by atoms with Crippen LogP contribution in [0.15, 0.2) is 42.6 Å². The summed E-state index contributed by atoms with van der Waals surface area (Å²) in [7, 11) is 0. The Morgan fingerprint density at radius 1 is 1.23 bits per heavy atom. The van der Waals surface area contributed by atoms with Crippen LogP contribution in [0.5, 0.6) is 17.4 Å². The highest BCUT2D eigenvalue weighted by molar-refractivity contribution is 5.81. The van der Waals surface area contributed by atoms with Crippen LogP contribution in [0.4, 0.5) is 0 Å². The van der Waals surface area contributed by atoms with E-state index in [9.17, 15) is 4.79 Å². The molecule has 6 nitrogen and oxygen atoms in total. The first-order chi connectivity index (χ1) is 12.8. The predicted molar refractivity (Wildman–Crippen MR) is 99.4 cm³/mol. The molecule has 2 heterocycles. The number of carbonyl (C=O) groups excluding carboxylic acids is 1. The van der Waals surface area contributed by atoms with Crippen LogP contribution in [0, 0.1) is 0 Å². The number of amides is 1. The Balaban J connectivity index is 1.54. The average molecular weight is 355 g/mol. The first-order valence-corrected chi connectivity index (χ1v) is 9.12. The standard InChI is InChI=1S/C20H25N3O3/c1-2-25-17-8-3-4-9-18(17)26-19-11-10-15(13-22-19)14-23-20(24)16-7-5-6-12-21-16/h3-4,8-11,13,16,21H,2,5-7,12,14H2,1H3,(H,23,24)/t16-/m1/s1. The van der Waals surface area contributed by atoms with Gasteiger partial charge in [0, 0.05) is 18.8 Å². The van der Waals surface area contributed by atoms with E-state index >= 15 is 0 Å². The van der Waals surface area contributed by atoms with Crippen LogP contribution in [-0.2, 0) is 11.3 Å². The minimum atomic E-state index is -0.0746. The molecule has 0 saturated carbocycles. The van der Waals surface area contributed by atoms with Crippen LogP contribution in [0.3, 0.4) is 0 Å². The van der Waals surface area contributed by atoms with Gasteiger partial charge in [-0.15, -0.1) is 0 Å². The maximum atomic E-state index is 12.1. The lowest BCUT2D eigenvalue weighted by Crippen LogP contribution is -2.46. The number of benzene rings is 1. The average Bonchev–Trinajstić information content (AvgIpc) is 2.69. The molecule has 3 rings (SSSR count). The molecule has 1 saturated heterocycles. The molecule has 0 bridgehead atoms. The molecule has 1 aromatic heterocycles. The van der Waals surface area contributed by atoms with Crippen molar-refractivity contribution >= 4 is 5.91 Å². The summed E-state index contributed by atoms with van der Waals surface area (Å²) in [5.41, 5.74) is 0.930. The van der Waals surface area contributed by atoms with Gasteiger partial charge >= 0.3 is 0 Å². The summed E-state index contributed by atoms with van der Waals surface area (Å²) >= 11 is 0. The van der Waals surface area contributed by atoms with Gasteiger partial charge in [0.15, 0.2) is 11.5 Å². The molecule has 138 valence electrons. The first kappa shape index (κ1) is 18.2. The Morgan fingerprint density at radius 3 is 2.77 bits per heavy atom.